The summed E-state index contributed by atoms with van der Waals surface area (Å²) in [6.45, 7) is 3.98. The van der Waals surface area contributed by atoms with Crippen LogP contribution >= 0.6 is 0 Å². The Kier molecular flexibility index (Phi) is 4.15. The van der Waals surface area contributed by atoms with E-state index in [1.165, 1.54) is 5.56 Å². The van der Waals surface area contributed by atoms with Crippen LogP contribution in [0, 0.1) is 13.8 Å². The monoisotopic (exact) mass is 256 g/mol. The predicted molar refractivity (Wildman–Crippen MR) is 76.2 cm³/mol. The van der Waals surface area contributed by atoms with Crippen molar-refractivity contribution in [2.45, 2.75) is 33.1 Å². The molecule has 1 aromatic heterocycles. The molecule has 3 heteroatoms. The van der Waals surface area contributed by atoms with E-state index in [1.807, 2.05) is 43.8 Å². The average molecular weight is 256 g/mol. The minimum Gasteiger partial charge on any atom is -0.299 e. The molecule has 19 heavy (non-hydrogen) atoms. The second kappa shape index (κ2) is 5.83. The Balaban J connectivity index is 1.95. The van der Waals surface area contributed by atoms with Gasteiger partial charge in [-0.25, -0.2) is 0 Å². The first-order valence-corrected chi connectivity index (χ1v) is 6.62. The number of hydrogen-bond donors (Lipinski definition) is 0. The minimum atomic E-state index is 0.281. The number of aryl methyl sites for hydroxylation is 3. The van der Waals surface area contributed by atoms with Crippen LogP contribution in [0.5, 0.6) is 0 Å². The van der Waals surface area contributed by atoms with Crippen molar-refractivity contribution in [2.24, 2.45) is 7.05 Å². The Hall–Kier alpha value is -1.90. The molecule has 1 aromatic carbocycles. The Morgan fingerprint density at radius 3 is 2.47 bits per heavy atom. The number of aromatic nitrogens is 2. The highest BCUT2D eigenvalue weighted by atomic mass is 16.1. The summed E-state index contributed by atoms with van der Waals surface area (Å²) >= 11 is 0. The van der Waals surface area contributed by atoms with Gasteiger partial charge in [-0.3, -0.25) is 9.48 Å². The van der Waals surface area contributed by atoms with Gasteiger partial charge in [0.25, 0.3) is 0 Å². The SMILES string of the molecule is Cc1nn(C)c(C)c1CC(=O)CCc1ccccc1. The van der Waals surface area contributed by atoms with Crippen molar-refractivity contribution in [3.8, 4) is 0 Å². The summed E-state index contributed by atoms with van der Waals surface area (Å²) < 4.78 is 1.84. The van der Waals surface area contributed by atoms with Crippen molar-refractivity contribution in [3.63, 3.8) is 0 Å². The van der Waals surface area contributed by atoms with Crippen LogP contribution in [0.15, 0.2) is 30.3 Å². The lowest BCUT2D eigenvalue weighted by atomic mass is 10.0. The Bertz CT molecular complexity index is 570. The van der Waals surface area contributed by atoms with Crippen molar-refractivity contribution >= 4 is 5.78 Å². The van der Waals surface area contributed by atoms with Crippen LogP contribution < -0.4 is 0 Å². The van der Waals surface area contributed by atoms with Crippen LogP contribution in [0.2, 0.25) is 0 Å². The lowest BCUT2D eigenvalue weighted by Gasteiger charge is -2.03. The largest absolute Gasteiger partial charge is 0.299 e. The van der Waals surface area contributed by atoms with Gasteiger partial charge in [-0.15, -0.1) is 0 Å². The molecule has 0 aliphatic rings. The topological polar surface area (TPSA) is 34.9 Å². The summed E-state index contributed by atoms with van der Waals surface area (Å²) in [6.07, 6.45) is 1.91. The van der Waals surface area contributed by atoms with E-state index < -0.39 is 0 Å². The van der Waals surface area contributed by atoms with Gasteiger partial charge in [0, 0.05) is 31.1 Å². The van der Waals surface area contributed by atoms with Gasteiger partial charge in [0.15, 0.2) is 0 Å². The zero-order chi connectivity index (χ0) is 13.8. The van der Waals surface area contributed by atoms with Gasteiger partial charge in [0.05, 0.1) is 5.69 Å². The molecule has 0 aliphatic carbocycles. The summed E-state index contributed by atoms with van der Waals surface area (Å²) in [5.41, 5.74) is 4.36. The maximum atomic E-state index is 12.1. The van der Waals surface area contributed by atoms with Gasteiger partial charge < -0.3 is 0 Å². The van der Waals surface area contributed by atoms with E-state index in [1.54, 1.807) is 0 Å². The first kappa shape index (κ1) is 13.5. The lowest BCUT2D eigenvalue weighted by molar-refractivity contribution is -0.118. The Morgan fingerprint density at radius 1 is 1.21 bits per heavy atom. The third-order valence-corrected chi connectivity index (χ3v) is 3.57. The van der Waals surface area contributed by atoms with E-state index in [0.717, 1.165) is 23.4 Å². The van der Waals surface area contributed by atoms with Gasteiger partial charge in [0.1, 0.15) is 5.78 Å². The van der Waals surface area contributed by atoms with Gasteiger partial charge in [-0.1, -0.05) is 30.3 Å². The molecule has 0 unspecified atom stereocenters. The number of hydrogen-bond acceptors (Lipinski definition) is 2. The van der Waals surface area contributed by atoms with E-state index in [2.05, 4.69) is 17.2 Å². The highest BCUT2D eigenvalue weighted by Crippen LogP contribution is 2.14. The number of nitrogens with zero attached hydrogens (tertiary/aromatic N) is 2. The molecule has 0 spiro atoms. The second-order valence-electron chi connectivity index (χ2n) is 4.97. The fraction of sp³-hybridized carbons (Fsp3) is 0.375. The molecule has 0 aliphatic heterocycles. The maximum Gasteiger partial charge on any atom is 0.137 e. The molecule has 0 bridgehead atoms. The maximum absolute atomic E-state index is 12.1. The van der Waals surface area contributed by atoms with Gasteiger partial charge in [-0.2, -0.15) is 5.10 Å². The molecule has 0 amide bonds. The zero-order valence-electron chi connectivity index (χ0n) is 11.8. The Labute approximate surface area is 114 Å². The molecular formula is C16H20N2O. The summed E-state index contributed by atoms with van der Waals surface area (Å²) in [4.78, 5) is 12.1. The highest BCUT2D eigenvalue weighted by molar-refractivity contribution is 5.81. The first-order valence-electron chi connectivity index (χ1n) is 6.62. The van der Waals surface area contributed by atoms with E-state index >= 15 is 0 Å². The molecule has 2 aromatic rings. The van der Waals surface area contributed by atoms with Crippen molar-refractivity contribution in [1.29, 1.82) is 0 Å². The van der Waals surface area contributed by atoms with Crippen molar-refractivity contribution in [1.82, 2.24) is 9.78 Å². The molecule has 0 saturated carbocycles. The molecule has 0 fully saturated rings. The van der Waals surface area contributed by atoms with Gasteiger partial charge in [-0.05, 0) is 25.8 Å². The molecule has 0 radical (unpaired) electrons. The number of benzene rings is 1. The van der Waals surface area contributed by atoms with Crippen LogP contribution in [-0.4, -0.2) is 15.6 Å². The molecule has 3 nitrogen and oxygen atoms in total. The number of Topliss-reactive ketones (excluding diaryl/α,β-unsaturated/α-hetero) is 1. The van der Waals surface area contributed by atoms with E-state index in [4.69, 9.17) is 0 Å². The van der Waals surface area contributed by atoms with Crippen LogP contribution in [-0.2, 0) is 24.7 Å². The molecular weight excluding hydrogens is 236 g/mol. The van der Waals surface area contributed by atoms with E-state index in [0.29, 0.717) is 12.8 Å². The summed E-state index contributed by atoms with van der Waals surface area (Å²) in [7, 11) is 1.92. The lowest BCUT2D eigenvalue weighted by Crippen LogP contribution is -2.06. The van der Waals surface area contributed by atoms with Crippen LogP contribution in [0.25, 0.3) is 0 Å². The van der Waals surface area contributed by atoms with E-state index in [9.17, 15) is 4.79 Å². The highest BCUT2D eigenvalue weighted by Gasteiger charge is 2.13. The summed E-state index contributed by atoms with van der Waals surface area (Å²) in [5, 5.41) is 4.35. The average Bonchev–Trinajstić information content (AvgIpc) is 2.64. The third-order valence-electron chi connectivity index (χ3n) is 3.57. The van der Waals surface area contributed by atoms with Crippen LogP contribution in [0.4, 0.5) is 0 Å². The van der Waals surface area contributed by atoms with Crippen LogP contribution in [0.3, 0.4) is 0 Å². The fourth-order valence-corrected chi connectivity index (χ4v) is 2.29. The van der Waals surface area contributed by atoms with E-state index in [-0.39, 0.29) is 5.78 Å². The standard InChI is InChI=1S/C16H20N2O/c1-12-16(13(2)18(3)17-12)11-15(19)10-9-14-7-5-4-6-8-14/h4-8H,9-11H2,1-3H3. The number of carbonyl (C=O) groups is 1. The second-order valence-corrected chi connectivity index (χ2v) is 4.97. The van der Waals surface area contributed by atoms with Crippen LogP contribution in [0.1, 0.15) is 28.9 Å². The predicted octanol–water partition coefficient (Wildman–Crippen LogP) is 2.78. The van der Waals surface area contributed by atoms with Crippen molar-refractivity contribution < 1.29 is 4.79 Å². The molecule has 100 valence electrons. The molecule has 0 N–H and O–H groups in total. The van der Waals surface area contributed by atoms with Gasteiger partial charge >= 0.3 is 0 Å². The zero-order valence-corrected chi connectivity index (χ0v) is 11.8. The summed E-state index contributed by atoms with van der Waals surface area (Å²) in [6, 6.07) is 10.1. The summed E-state index contributed by atoms with van der Waals surface area (Å²) in [5.74, 6) is 0.281. The molecule has 2 rings (SSSR count). The van der Waals surface area contributed by atoms with Crippen molar-refractivity contribution in [3.05, 3.63) is 52.8 Å². The number of carbonyl (C=O) groups excluding carboxylic acids is 1. The molecule has 0 atom stereocenters. The smallest absolute Gasteiger partial charge is 0.137 e. The Morgan fingerprint density at radius 2 is 1.89 bits per heavy atom. The number of ketones is 1. The third kappa shape index (κ3) is 3.31. The minimum absolute atomic E-state index is 0.281. The fourth-order valence-electron chi connectivity index (χ4n) is 2.29. The quantitative estimate of drug-likeness (QED) is 0.824. The normalized spacial score (nSPS) is 10.7. The molecule has 0 saturated heterocycles. The number of rotatable bonds is 5. The molecule has 1 heterocycles. The van der Waals surface area contributed by atoms with Crippen molar-refractivity contribution in [2.75, 3.05) is 0 Å². The van der Waals surface area contributed by atoms with Gasteiger partial charge in [0.2, 0.25) is 0 Å². The first-order chi connectivity index (χ1) is 9.08.